The standard InChI is InChI=1S/C19H30O2/c1-18-8-7-14-12(13(18)5-6-17(18)20)4-3-11-9-15-16(21-15)10-19(11,14)2/h11-17,20H,3-10H2,1-2H3/t11?,12-,13-,14-,15-,16+,17-,18-,19-/m0/s1. The minimum Gasteiger partial charge on any atom is -0.393 e. The lowest BCUT2D eigenvalue weighted by atomic mass is 9.45. The van der Waals surface area contributed by atoms with E-state index in [0.29, 0.717) is 17.6 Å². The second kappa shape index (κ2) is 4.06. The first-order valence-electron chi connectivity index (χ1n) is 9.36. The van der Waals surface area contributed by atoms with E-state index in [-0.39, 0.29) is 11.5 Å². The summed E-state index contributed by atoms with van der Waals surface area (Å²) in [6, 6.07) is 0. The van der Waals surface area contributed by atoms with Gasteiger partial charge in [-0.05, 0) is 85.9 Å². The van der Waals surface area contributed by atoms with Gasteiger partial charge < -0.3 is 9.84 Å². The van der Waals surface area contributed by atoms with Crippen molar-refractivity contribution < 1.29 is 9.84 Å². The van der Waals surface area contributed by atoms with Crippen LogP contribution in [0.15, 0.2) is 0 Å². The first-order chi connectivity index (χ1) is 10.0. The van der Waals surface area contributed by atoms with Crippen molar-refractivity contribution in [3.63, 3.8) is 0 Å². The molecule has 1 unspecified atom stereocenters. The molecule has 5 aliphatic rings. The van der Waals surface area contributed by atoms with Crippen LogP contribution in [0, 0.1) is 34.5 Å². The van der Waals surface area contributed by atoms with Crippen LogP contribution in [-0.2, 0) is 4.74 Å². The monoisotopic (exact) mass is 290 g/mol. The summed E-state index contributed by atoms with van der Waals surface area (Å²) in [4.78, 5) is 0. The van der Waals surface area contributed by atoms with E-state index >= 15 is 0 Å². The third-order valence-corrected chi connectivity index (χ3v) is 8.86. The predicted molar refractivity (Wildman–Crippen MR) is 81.8 cm³/mol. The molecule has 0 radical (unpaired) electrons. The molecule has 1 heterocycles. The van der Waals surface area contributed by atoms with Gasteiger partial charge in [0.25, 0.3) is 0 Å². The van der Waals surface area contributed by atoms with E-state index in [1.807, 2.05) is 0 Å². The van der Waals surface area contributed by atoms with Gasteiger partial charge in [0.05, 0.1) is 18.3 Å². The van der Waals surface area contributed by atoms with E-state index in [0.717, 1.165) is 30.1 Å². The van der Waals surface area contributed by atoms with Crippen LogP contribution >= 0.6 is 0 Å². The van der Waals surface area contributed by atoms with E-state index in [2.05, 4.69) is 13.8 Å². The Bertz CT molecular complexity index is 462. The lowest BCUT2D eigenvalue weighted by Gasteiger charge is -2.59. The van der Waals surface area contributed by atoms with Gasteiger partial charge in [-0.2, -0.15) is 0 Å². The predicted octanol–water partition coefficient (Wildman–Crippen LogP) is 3.77. The van der Waals surface area contributed by atoms with Crippen molar-refractivity contribution in [1.29, 1.82) is 0 Å². The fraction of sp³-hybridized carbons (Fsp3) is 1.00. The average molecular weight is 290 g/mol. The number of ether oxygens (including phenoxy) is 1. The molecule has 0 aromatic heterocycles. The summed E-state index contributed by atoms with van der Waals surface area (Å²) < 4.78 is 5.90. The van der Waals surface area contributed by atoms with Gasteiger partial charge in [-0.15, -0.1) is 0 Å². The van der Waals surface area contributed by atoms with E-state index in [9.17, 15) is 5.11 Å². The Morgan fingerprint density at radius 1 is 0.905 bits per heavy atom. The fourth-order valence-corrected chi connectivity index (χ4v) is 7.49. The van der Waals surface area contributed by atoms with Crippen LogP contribution in [0.3, 0.4) is 0 Å². The van der Waals surface area contributed by atoms with Gasteiger partial charge in [-0.3, -0.25) is 0 Å². The second-order valence-electron chi connectivity index (χ2n) is 9.45. The van der Waals surface area contributed by atoms with Gasteiger partial charge in [-0.25, -0.2) is 0 Å². The smallest absolute Gasteiger partial charge is 0.0847 e. The minimum absolute atomic E-state index is 0.0310. The molecule has 21 heavy (non-hydrogen) atoms. The molecule has 4 aliphatic carbocycles. The summed E-state index contributed by atoms with van der Waals surface area (Å²) in [7, 11) is 0. The number of aliphatic hydroxyl groups excluding tert-OH is 1. The molecule has 5 fully saturated rings. The summed E-state index contributed by atoms with van der Waals surface area (Å²) >= 11 is 0. The van der Waals surface area contributed by atoms with Crippen LogP contribution in [0.1, 0.15) is 65.2 Å². The van der Waals surface area contributed by atoms with Gasteiger partial charge in [0.1, 0.15) is 0 Å². The van der Waals surface area contributed by atoms with E-state index in [1.54, 1.807) is 0 Å². The molecule has 0 aromatic rings. The van der Waals surface area contributed by atoms with E-state index in [1.165, 1.54) is 44.9 Å². The molecular weight excluding hydrogens is 260 g/mol. The quantitative estimate of drug-likeness (QED) is 0.689. The normalized spacial score (nSPS) is 65.0. The highest BCUT2D eigenvalue weighted by Crippen LogP contribution is 2.67. The first-order valence-corrected chi connectivity index (χ1v) is 9.36. The Morgan fingerprint density at radius 2 is 1.71 bits per heavy atom. The molecule has 118 valence electrons. The Morgan fingerprint density at radius 3 is 2.57 bits per heavy atom. The Kier molecular flexibility index (Phi) is 2.58. The molecule has 9 atom stereocenters. The molecule has 0 spiro atoms. The van der Waals surface area contributed by atoms with Crippen LogP contribution in [0.5, 0.6) is 0 Å². The molecule has 1 aliphatic heterocycles. The van der Waals surface area contributed by atoms with Crippen molar-refractivity contribution in [1.82, 2.24) is 0 Å². The molecule has 0 bridgehead atoms. The second-order valence-corrected chi connectivity index (χ2v) is 9.45. The number of hydrogen-bond donors (Lipinski definition) is 1. The van der Waals surface area contributed by atoms with Gasteiger partial charge in [0, 0.05) is 0 Å². The number of rotatable bonds is 0. The largest absolute Gasteiger partial charge is 0.393 e. The Hall–Kier alpha value is -0.0800. The summed E-state index contributed by atoms with van der Waals surface area (Å²) in [6.45, 7) is 4.99. The molecule has 1 saturated heterocycles. The maximum Gasteiger partial charge on any atom is 0.0847 e. The topological polar surface area (TPSA) is 32.8 Å². The minimum atomic E-state index is -0.0310. The fourth-order valence-electron chi connectivity index (χ4n) is 7.49. The summed E-state index contributed by atoms with van der Waals surface area (Å²) in [6.07, 6.45) is 11.7. The number of aliphatic hydroxyl groups is 1. The average Bonchev–Trinajstić information content (AvgIpc) is 3.12. The molecule has 0 amide bonds. The molecule has 4 saturated carbocycles. The molecule has 5 rings (SSSR count). The third-order valence-electron chi connectivity index (χ3n) is 8.86. The lowest BCUT2D eigenvalue weighted by Crippen LogP contribution is -2.54. The number of epoxide rings is 1. The van der Waals surface area contributed by atoms with Crippen LogP contribution in [0.25, 0.3) is 0 Å². The number of fused-ring (bicyclic) bond motifs is 6. The maximum absolute atomic E-state index is 10.5. The zero-order valence-electron chi connectivity index (χ0n) is 13.6. The highest BCUT2D eigenvalue weighted by molar-refractivity contribution is 5.12. The van der Waals surface area contributed by atoms with Gasteiger partial charge >= 0.3 is 0 Å². The van der Waals surface area contributed by atoms with E-state index in [4.69, 9.17) is 4.74 Å². The molecular formula is C19H30O2. The highest BCUT2D eigenvalue weighted by Gasteiger charge is 2.63. The van der Waals surface area contributed by atoms with Crippen molar-refractivity contribution in [2.45, 2.75) is 83.5 Å². The van der Waals surface area contributed by atoms with Crippen LogP contribution in [0.4, 0.5) is 0 Å². The summed E-state index contributed by atoms with van der Waals surface area (Å²) in [5.74, 6) is 3.50. The van der Waals surface area contributed by atoms with Gasteiger partial charge in [0.15, 0.2) is 0 Å². The Labute approximate surface area is 128 Å². The Balaban J connectivity index is 1.47. The summed E-state index contributed by atoms with van der Waals surface area (Å²) in [5, 5.41) is 10.5. The van der Waals surface area contributed by atoms with Crippen LogP contribution < -0.4 is 0 Å². The van der Waals surface area contributed by atoms with Crippen molar-refractivity contribution in [2.75, 3.05) is 0 Å². The first kappa shape index (κ1) is 13.4. The van der Waals surface area contributed by atoms with Crippen molar-refractivity contribution in [3.05, 3.63) is 0 Å². The highest BCUT2D eigenvalue weighted by atomic mass is 16.6. The zero-order valence-corrected chi connectivity index (χ0v) is 13.6. The van der Waals surface area contributed by atoms with Crippen molar-refractivity contribution in [2.24, 2.45) is 34.5 Å². The lowest BCUT2D eigenvalue weighted by molar-refractivity contribution is -0.117. The van der Waals surface area contributed by atoms with Crippen LogP contribution in [0.2, 0.25) is 0 Å². The van der Waals surface area contributed by atoms with Crippen molar-refractivity contribution in [3.8, 4) is 0 Å². The zero-order chi connectivity index (χ0) is 14.4. The third kappa shape index (κ3) is 1.62. The van der Waals surface area contributed by atoms with Crippen molar-refractivity contribution >= 4 is 0 Å². The SMILES string of the molecule is C[C@]12CC[C@H]3[C@@H](CCC4C[C@@H]5O[C@@H]5C[C@@]43C)[C@@H]1CC[C@@H]2O. The summed E-state index contributed by atoms with van der Waals surface area (Å²) in [5.41, 5.74) is 0.771. The van der Waals surface area contributed by atoms with E-state index < -0.39 is 0 Å². The molecule has 2 heteroatoms. The van der Waals surface area contributed by atoms with Gasteiger partial charge in [-0.1, -0.05) is 13.8 Å². The van der Waals surface area contributed by atoms with Crippen LogP contribution in [-0.4, -0.2) is 23.4 Å². The molecule has 0 aromatic carbocycles. The molecule has 2 nitrogen and oxygen atoms in total. The maximum atomic E-state index is 10.5. The molecule has 1 N–H and O–H groups in total. The van der Waals surface area contributed by atoms with Gasteiger partial charge in [0.2, 0.25) is 0 Å². The number of hydrogen-bond acceptors (Lipinski definition) is 2.